The number of methoxy groups -OCH3 is 1. The molecule has 1 amide bonds. The smallest absolute Gasteiger partial charge is 0.269 e. The fourth-order valence-corrected chi connectivity index (χ4v) is 3.88. The van der Waals surface area contributed by atoms with E-state index in [2.05, 4.69) is 21.1 Å². The Morgan fingerprint density at radius 1 is 1.39 bits per heavy atom. The van der Waals surface area contributed by atoms with Gasteiger partial charge in [-0.15, -0.1) is 0 Å². The van der Waals surface area contributed by atoms with Gasteiger partial charge in [-0.25, -0.2) is 13.1 Å². The maximum atomic E-state index is 12.3. The van der Waals surface area contributed by atoms with E-state index in [9.17, 15) is 13.2 Å². The quantitative estimate of drug-likeness (QED) is 0.821. The molecule has 0 unspecified atom stereocenters. The number of nitrogens with zero attached hydrogens (tertiary/aromatic N) is 1. The van der Waals surface area contributed by atoms with Gasteiger partial charge >= 0.3 is 0 Å². The molecule has 7 nitrogen and oxygen atoms in total. The Kier molecular flexibility index (Phi) is 5.10. The molecular formula is C14H15BrN2O5S. The van der Waals surface area contributed by atoms with Crippen LogP contribution in [0.4, 0.5) is 0 Å². The molecule has 0 bridgehead atoms. The number of sulfonamides is 1. The van der Waals surface area contributed by atoms with Gasteiger partial charge in [-0.05, 0) is 32.0 Å². The molecule has 1 heterocycles. The van der Waals surface area contributed by atoms with Crippen molar-refractivity contribution in [3.05, 3.63) is 39.7 Å². The average molecular weight is 403 g/mol. The Morgan fingerprint density at radius 3 is 2.65 bits per heavy atom. The van der Waals surface area contributed by atoms with Crippen molar-refractivity contribution in [2.75, 3.05) is 7.11 Å². The summed E-state index contributed by atoms with van der Waals surface area (Å²) in [6, 6.07) is 5.15. The van der Waals surface area contributed by atoms with E-state index in [1.54, 1.807) is 18.2 Å². The zero-order chi connectivity index (χ0) is 17.2. The zero-order valence-corrected chi connectivity index (χ0v) is 15.1. The first kappa shape index (κ1) is 17.5. The van der Waals surface area contributed by atoms with Gasteiger partial charge in [-0.3, -0.25) is 4.79 Å². The van der Waals surface area contributed by atoms with Gasteiger partial charge in [-0.1, -0.05) is 21.1 Å². The zero-order valence-electron chi connectivity index (χ0n) is 12.7. The van der Waals surface area contributed by atoms with Gasteiger partial charge < -0.3 is 9.26 Å². The van der Waals surface area contributed by atoms with Crippen LogP contribution in [0.5, 0.6) is 5.75 Å². The van der Waals surface area contributed by atoms with Crippen LogP contribution in [0.3, 0.4) is 0 Å². The normalized spacial score (nSPS) is 11.3. The summed E-state index contributed by atoms with van der Waals surface area (Å²) < 4.78 is 37.3. The van der Waals surface area contributed by atoms with Crippen molar-refractivity contribution >= 4 is 31.9 Å². The second kappa shape index (κ2) is 6.71. The molecule has 0 aliphatic carbocycles. The van der Waals surface area contributed by atoms with Crippen molar-refractivity contribution in [1.82, 2.24) is 9.88 Å². The Bertz CT molecular complexity index is 825. The third-order valence-electron chi connectivity index (χ3n) is 3.08. The predicted molar refractivity (Wildman–Crippen MR) is 85.7 cm³/mol. The Labute approximate surface area is 142 Å². The first-order chi connectivity index (χ1) is 10.7. The van der Waals surface area contributed by atoms with Gasteiger partial charge in [0.25, 0.3) is 10.0 Å². The maximum Gasteiger partial charge on any atom is 0.269 e. The number of carbonyl (C=O) groups is 1. The third kappa shape index (κ3) is 3.91. The van der Waals surface area contributed by atoms with Gasteiger partial charge in [0.15, 0.2) is 10.7 Å². The number of nitrogens with one attached hydrogen (secondary N) is 1. The van der Waals surface area contributed by atoms with E-state index in [0.717, 1.165) is 4.47 Å². The van der Waals surface area contributed by atoms with Gasteiger partial charge in [-0.2, -0.15) is 0 Å². The van der Waals surface area contributed by atoms with Crippen LogP contribution in [-0.2, 0) is 21.2 Å². The molecule has 0 fully saturated rings. The molecule has 0 atom stereocenters. The van der Waals surface area contributed by atoms with Crippen molar-refractivity contribution in [2.45, 2.75) is 25.2 Å². The second-order valence-electron chi connectivity index (χ2n) is 4.81. The first-order valence-electron chi connectivity index (χ1n) is 6.55. The summed E-state index contributed by atoms with van der Waals surface area (Å²) in [7, 11) is -2.56. The monoisotopic (exact) mass is 402 g/mol. The van der Waals surface area contributed by atoms with Crippen LogP contribution in [-0.4, -0.2) is 26.6 Å². The van der Waals surface area contributed by atoms with Crippen molar-refractivity contribution in [1.29, 1.82) is 0 Å². The van der Waals surface area contributed by atoms with E-state index >= 15 is 0 Å². The van der Waals surface area contributed by atoms with Gasteiger partial charge in [0.2, 0.25) is 5.91 Å². The van der Waals surface area contributed by atoms with E-state index < -0.39 is 15.9 Å². The fourth-order valence-electron chi connectivity index (χ4n) is 2.15. The average Bonchev–Trinajstić information content (AvgIpc) is 2.78. The molecule has 2 rings (SSSR count). The summed E-state index contributed by atoms with van der Waals surface area (Å²) in [4.78, 5) is 12.0. The summed E-state index contributed by atoms with van der Waals surface area (Å²) >= 11 is 3.30. The molecule has 23 heavy (non-hydrogen) atoms. The number of hydrogen-bond donors (Lipinski definition) is 1. The standard InChI is InChI=1S/C14H15BrN2O5S/c1-8-14(9(2)22-16-8)23(19,20)17-13(18)7-10-6-11(15)4-5-12(10)21-3/h4-6H,7H2,1-3H3,(H,17,18). The van der Waals surface area contributed by atoms with Crippen molar-refractivity contribution in [3.8, 4) is 5.75 Å². The molecule has 0 saturated heterocycles. The molecule has 0 saturated carbocycles. The second-order valence-corrected chi connectivity index (χ2v) is 7.35. The minimum Gasteiger partial charge on any atom is -0.496 e. The SMILES string of the molecule is COc1ccc(Br)cc1CC(=O)NS(=O)(=O)c1c(C)noc1C. The summed E-state index contributed by atoms with van der Waals surface area (Å²) in [5.41, 5.74) is 0.760. The first-order valence-corrected chi connectivity index (χ1v) is 8.83. The number of aromatic nitrogens is 1. The molecule has 1 aromatic carbocycles. The highest BCUT2D eigenvalue weighted by Gasteiger charge is 2.26. The number of ether oxygens (including phenoxy) is 1. The summed E-state index contributed by atoms with van der Waals surface area (Å²) in [6.45, 7) is 2.96. The number of amides is 1. The lowest BCUT2D eigenvalue weighted by molar-refractivity contribution is -0.118. The molecule has 2 aromatic rings. The summed E-state index contributed by atoms with van der Waals surface area (Å²) in [5, 5.41) is 3.58. The van der Waals surface area contributed by atoms with Gasteiger partial charge in [0, 0.05) is 10.0 Å². The lowest BCUT2D eigenvalue weighted by Crippen LogP contribution is -2.32. The molecule has 1 N–H and O–H groups in total. The molecule has 1 aromatic heterocycles. The van der Waals surface area contributed by atoms with Crippen LogP contribution >= 0.6 is 15.9 Å². The minimum absolute atomic E-state index is 0.118. The van der Waals surface area contributed by atoms with Crippen LogP contribution in [0.2, 0.25) is 0 Å². The molecular weight excluding hydrogens is 388 g/mol. The predicted octanol–water partition coefficient (Wildman–Crippen LogP) is 2.11. The number of hydrogen-bond acceptors (Lipinski definition) is 6. The van der Waals surface area contributed by atoms with Crippen LogP contribution in [0.25, 0.3) is 0 Å². The number of aryl methyl sites for hydroxylation is 2. The van der Waals surface area contributed by atoms with Crippen LogP contribution < -0.4 is 9.46 Å². The van der Waals surface area contributed by atoms with Crippen LogP contribution in [0.1, 0.15) is 17.0 Å². The van der Waals surface area contributed by atoms with E-state index in [-0.39, 0.29) is 22.8 Å². The Hall–Kier alpha value is -1.87. The van der Waals surface area contributed by atoms with Crippen LogP contribution in [0, 0.1) is 13.8 Å². The molecule has 9 heteroatoms. The Morgan fingerprint density at radius 2 is 2.09 bits per heavy atom. The number of benzene rings is 1. The van der Waals surface area contributed by atoms with E-state index in [0.29, 0.717) is 11.3 Å². The highest BCUT2D eigenvalue weighted by Crippen LogP contribution is 2.24. The van der Waals surface area contributed by atoms with Gasteiger partial charge in [0.05, 0.1) is 13.5 Å². The molecule has 0 aliphatic heterocycles. The number of halogens is 1. The van der Waals surface area contributed by atoms with Gasteiger partial charge in [0.1, 0.15) is 11.4 Å². The van der Waals surface area contributed by atoms with Crippen molar-refractivity contribution < 1.29 is 22.5 Å². The lowest BCUT2D eigenvalue weighted by atomic mass is 10.1. The van der Waals surface area contributed by atoms with E-state index in [1.807, 2.05) is 4.72 Å². The third-order valence-corrected chi connectivity index (χ3v) is 5.19. The van der Waals surface area contributed by atoms with Crippen molar-refractivity contribution in [3.63, 3.8) is 0 Å². The molecule has 0 spiro atoms. The largest absolute Gasteiger partial charge is 0.496 e. The van der Waals surface area contributed by atoms with E-state index in [4.69, 9.17) is 9.26 Å². The Balaban J connectivity index is 2.22. The van der Waals surface area contributed by atoms with E-state index in [1.165, 1.54) is 21.0 Å². The number of rotatable bonds is 5. The minimum atomic E-state index is -4.04. The molecule has 0 aliphatic rings. The van der Waals surface area contributed by atoms with Crippen molar-refractivity contribution in [2.24, 2.45) is 0 Å². The topological polar surface area (TPSA) is 98.5 Å². The highest BCUT2D eigenvalue weighted by molar-refractivity contribution is 9.10. The lowest BCUT2D eigenvalue weighted by Gasteiger charge is -2.10. The van der Waals surface area contributed by atoms with Crippen LogP contribution in [0.15, 0.2) is 32.1 Å². The fraction of sp³-hybridized carbons (Fsp3) is 0.286. The highest BCUT2D eigenvalue weighted by atomic mass is 79.9. The summed E-state index contributed by atoms with van der Waals surface area (Å²) in [5.74, 6) is -0.0534. The summed E-state index contributed by atoms with van der Waals surface area (Å²) in [6.07, 6.45) is -0.148. The molecule has 124 valence electrons. The maximum absolute atomic E-state index is 12.3. The molecule has 0 radical (unpaired) electrons. The number of carbonyl (C=O) groups excluding carboxylic acids is 1.